The van der Waals surface area contributed by atoms with E-state index in [1.165, 1.54) is 64.7 Å². The molecule has 0 bridgehead atoms. The van der Waals surface area contributed by atoms with Gasteiger partial charge in [-0.05, 0) is 135 Å². The minimum Gasteiger partial charge on any atom is -0.392 e. The van der Waals surface area contributed by atoms with E-state index < -0.39 is 29.8 Å². The van der Waals surface area contributed by atoms with Gasteiger partial charge in [0.2, 0.25) is 23.6 Å². The van der Waals surface area contributed by atoms with Gasteiger partial charge in [0, 0.05) is 31.7 Å². The zero-order valence-electron chi connectivity index (χ0n) is 37.0. The van der Waals surface area contributed by atoms with E-state index in [9.17, 15) is 24.3 Å². The van der Waals surface area contributed by atoms with Gasteiger partial charge in [-0.1, -0.05) is 84.6 Å². The monoisotopic (exact) mass is 805 g/mol. The second-order valence-electron chi connectivity index (χ2n) is 19.8. The number of fused-ring (bicyclic) bond motifs is 5. The number of rotatable bonds is 19. The van der Waals surface area contributed by atoms with Crippen LogP contribution in [0.5, 0.6) is 0 Å². The molecule has 1 aromatic carbocycles. The lowest BCUT2D eigenvalue weighted by Gasteiger charge is -2.63. The van der Waals surface area contributed by atoms with E-state index in [0.29, 0.717) is 36.1 Å². The molecule has 3 fully saturated rings. The molecular weight excluding hydrogens is 729 g/mol. The minimum atomic E-state index is -0.880. The molecule has 10 heteroatoms. The number of hydrogen-bond acceptors (Lipinski definition) is 6. The summed E-state index contributed by atoms with van der Waals surface area (Å²) >= 11 is 0. The van der Waals surface area contributed by atoms with Crippen molar-refractivity contribution in [3.05, 3.63) is 41.5 Å². The summed E-state index contributed by atoms with van der Waals surface area (Å²) in [5.74, 6) is 2.51. The van der Waals surface area contributed by atoms with Gasteiger partial charge in [-0.2, -0.15) is 0 Å². The maximum absolute atomic E-state index is 12.6. The molecule has 1 aromatic rings. The number of hydrogen-bond donors (Lipinski definition) is 5. The van der Waals surface area contributed by atoms with E-state index in [1.807, 2.05) is 0 Å². The van der Waals surface area contributed by atoms with Crippen molar-refractivity contribution in [3.63, 3.8) is 0 Å². The van der Waals surface area contributed by atoms with Crippen LogP contribution >= 0.6 is 0 Å². The van der Waals surface area contributed by atoms with Gasteiger partial charge in [0.05, 0.1) is 12.7 Å². The van der Waals surface area contributed by atoms with Crippen molar-refractivity contribution in [2.75, 3.05) is 18.5 Å². The summed E-state index contributed by atoms with van der Waals surface area (Å²) in [6.07, 6.45) is 17.7. The van der Waals surface area contributed by atoms with Gasteiger partial charge in [0.15, 0.2) is 0 Å². The molecule has 10 atom stereocenters. The Morgan fingerprint density at radius 2 is 1.50 bits per heavy atom. The summed E-state index contributed by atoms with van der Waals surface area (Å²) < 4.78 is 6.41. The highest BCUT2D eigenvalue weighted by Crippen LogP contribution is 2.72. The molecule has 4 aliphatic carbocycles. The van der Waals surface area contributed by atoms with Crippen LogP contribution in [-0.4, -0.2) is 60.1 Å². The van der Waals surface area contributed by atoms with Crippen molar-refractivity contribution in [2.24, 2.45) is 45.8 Å². The fourth-order valence-corrected chi connectivity index (χ4v) is 12.0. The van der Waals surface area contributed by atoms with Crippen LogP contribution in [0.1, 0.15) is 151 Å². The summed E-state index contributed by atoms with van der Waals surface area (Å²) in [7, 11) is 0. The molecule has 0 heterocycles. The Morgan fingerprint density at radius 3 is 2.21 bits per heavy atom. The lowest BCUT2D eigenvalue weighted by molar-refractivity contribution is -0.131. The van der Waals surface area contributed by atoms with E-state index in [1.54, 1.807) is 36.8 Å². The molecule has 4 aliphatic rings. The van der Waals surface area contributed by atoms with Gasteiger partial charge in [-0.15, -0.1) is 0 Å². The van der Waals surface area contributed by atoms with Crippen molar-refractivity contribution < 1.29 is 29.0 Å². The van der Waals surface area contributed by atoms with Crippen LogP contribution in [-0.2, 0) is 30.5 Å². The number of carbonyl (C=O) groups is 4. The average molecular weight is 805 g/mol. The van der Waals surface area contributed by atoms with Crippen molar-refractivity contribution in [3.8, 4) is 0 Å². The number of benzene rings is 1. The van der Waals surface area contributed by atoms with Gasteiger partial charge >= 0.3 is 0 Å². The van der Waals surface area contributed by atoms with Crippen LogP contribution in [0, 0.1) is 45.8 Å². The molecular formula is C48H76N4O6. The molecule has 4 amide bonds. The Labute approximate surface area is 349 Å². The molecule has 0 saturated heterocycles. The Balaban J connectivity index is 0.974. The van der Waals surface area contributed by atoms with E-state index >= 15 is 0 Å². The van der Waals surface area contributed by atoms with Crippen LogP contribution in [0.3, 0.4) is 0 Å². The molecule has 58 heavy (non-hydrogen) atoms. The van der Waals surface area contributed by atoms with Gasteiger partial charge in [0.25, 0.3) is 0 Å². The summed E-state index contributed by atoms with van der Waals surface area (Å²) in [6.45, 7) is 19.3. The highest BCUT2D eigenvalue weighted by atomic mass is 16.5. The minimum absolute atomic E-state index is 0.0162. The molecule has 0 unspecified atom stereocenters. The first-order chi connectivity index (χ1) is 27.5. The second-order valence-corrected chi connectivity index (χ2v) is 19.8. The van der Waals surface area contributed by atoms with Gasteiger partial charge < -0.3 is 31.1 Å². The van der Waals surface area contributed by atoms with Crippen molar-refractivity contribution in [2.45, 2.75) is 170 Å². The molecule has 5 N–H and O–H groups in total. The first kappa shape index (κ1) is 45.8. The van der Waals surface area contributed by atoms with E-state index in [2.05, 4.69) is 68.9 Å². The number of carbonyl (C=O) groups excluding carboxylic acids is 4. The quantitative estimate of drug-likeness (QED) is 0.0704. The van der Waals surface area contributed by atoms with Crippen LogP contribution in [0.2, 0.25) is 0 Å². The topological polar surface area (TPSA) is 146 Å². The van der Waals surface area contributed by atoms with Crippen molar-refractivity contribution >= 4 is 29.3 Å². The maximum Gasteiger partial charge on any atom is 0.246 e. The normalized spacial score (nSPS) is 30.5. The number of aliphatic hydroxyl groups excluding tert-OH is 1. The molecule has 3 saturated carbocycles. The fraction of sp³-hybridized carbons (Fsp3) is 0.750. The third kappa shape index (κ3) is 10.7. The maximum atomic E-state index is 12.6. The molecule has 0 aliphatic heterocycles. The largest absolute Gasteiger partial charge is 0.392 e. The Kier molecular flexibility index (Phi) is 15.7. The first-order valence-corrected chi connectivity index (χ1v) is 22.7. The lowest BCUT2D eigenvalue weighted by atomic mass is 9.41. The van der Waals surface area contributed by atoms with E-state index in [0.717, 1.165) is 48.0 Å². The summed E-state index contributed by atoms with van der Waals surface area (Å²) in [4.78, 5) is 50.1. The third-order valence-electron chi connectivity index (χ3n) is 15.3. The van der Waals surface area contributed by atoms with Crippen LogP contribution in [0.15, 0.2) is 35.9 Å². The van der Waals surface area contributed by atoms with E-state index in [-0.39, 0.29) is 36.9 Å². The van der Waals surface area contributed by atoms with Crippen molar-refractivity contribution in [1.29, 1.82) is 0 Å². The van der Waals surface area contributed by atoms with Crippen LogP contribution in [0.25, 0.3) is 0 Å². The van der Waals surface area contributed by atoms with Crippen LogP contribution < -0.4 is 21.3 Å². The Morgan fingerprint density at radius 1 is 0.793 bits per heavy atom. The molecule has 0 spiro atoms. The predicted molar refractivity (Wildman–Crippen MR) is 230 cm³/mol. The number of anilines is 1. The Hall–Kier alpha value is -3.24. The number of aliphatic hydroxyl groups is 1. The molecule has 0 radical (unpaired) electrons. The first-order valence-electron chi connectivity index (χ1n) is 22.7. The molecule has 324 valence electrons. The average Bonchev–Trinajstić information content (AvgIpc) is 3.55. The van der Waals surface area contributed by atoms with Gasteiger partial charge in [-0.3, -0.25) is 19.2 Å². The summed E-state index contributed by atoms with van der Waals surface area (Å²) in [5.41, 5.74) is 4.01. The number of ether oxygens (including phenoxy) is 1. The third-order valence-corrected chi connectivity index (χ3v) is 15.3. The zero-order chi connectivity index (χ0) is 42.3. The standard InChI is InChI=1S/C48H76N4O6/c1-31(2)11-9-12-32(3)39-17-18-40-47(39,7)26-23-41-46(6)25-22-38(29-36(46)21-24-48(40,41)8)58-28-10-27-49-42(54)19-20-43(55)50-33(4)44(56)51-34(5)45(57)52-37-15-13-35(30-53)14-16-37/h13-16,21,31-34,38-41,53H,9-12,17-20,22-30H2,1-8H3,(H,49,54)(H,50,55)(H,51,56)(H,52,57)/t32-,33+,34+,38+,39-,40-,41-,46+,47-,48+/m1/s1. The predicted octanol–water partition coefficient (Wildman–Crippen LogP) is 8.23. The Bertz CT molecular complexity index is 1610. The molecule has 10 nitrogen and oxygen atoms in total. The number of nitrogens with one attached hydrogen (secondary N) is 4. The zero-order valence-corrected chi connectivity index (χ0v) is 37.0. The highest BCUT2D eigenvalue weighted by molar-refractivity contribution is 5.98. The number of amides is 4. The fourth-order valence-electron chi connectivity index (χ4n) is 12.0. The van der Waals surface area contributed by atoms with Gasteiger partial charge in [0.1, 0.15) is 12.1 Å². The smallest absolute Gasteiger partial charge is 0.246 e. The lowest BCUT2D eigenvalue weighted by Crippen LogP contribution is -2.56. The highest BCUT2D eigenvalue weighted by Gasteiger charge is 2.64. The van der Waals surface area contributed by atoms with E-state index in [4.69, 9.17) is 4.74 Å². The SMILES string of the molecule is CC(C)CCC[C@@H](C)[C@H]1CC[C@@H]2[C@]1(C)CC[C@H]1[C@@]2(C)CC=C2C[C@@H](OCCCNC(=O)CCC(=O)N[C@@H](C)C(=O)N[C@@H](C)C(=O)Nc3ccc(CO)cc3)CC[C@@]21C. The summed E-state index contributed by atoms with van der Waals surface area (Å²) in [5, 5.41) is 20.0. The number of allylic oxidation sites excluding steroid dienone is 1. The molecule has 5 rings (SSSR count). The molecule has 0 aromatic heterocycles. The van der Waals surface area contributed by atoms with Gasteiger partial charge in [-0.25, -0.2) is 0 Å². The van der Waals surface area contributed by atoms with Crippen molar-refractivity contribution in [1.82, 2.24) is 16.0 Å². The summed E-state index contributed by atoms with van der Waals surface area (Å²) in [6, 6.07) is 5.01. The van der Waals surface area contributed by atoms with Crippen LogP contribution in [0.4, 0.5) is 5.69 Å². The second kappa shape index (κ2) is 19.9.